The van der Waals surface area contributed by atoms with Crippen molar-refractivity contribution < 1.29 is 0 Å². The normalized spacial score (nSPS) is 27.6. The molecule has 0 radical (unpaired) electrons. The van der Waals surface area contributed by atoms with Gasteiger partial charge in [-0.15, -0.1) is 0 Å². The number of pyridine rings is 1. The van der Waals surface area contributed by atoms with Gasteiger partial charge in [0.05, 0.1) is 0 Å². The van der Waals surface area contributed by atoms with Gasteiger partial charge in [0, 0.05) is 17.9 Å². The molecule has 3 atom stereocenters. The van der Waals surface area contributed by atoms with Gasteiger partial charge in [0.15, 0.2) is 0 Å². The van der Waals surface area contributed by atoms with Crippen LogP contribution in [0.1, 0.15) is 76.3 Å². The van der Waals surface area contributed by atoms with E-state index in [0.717, 1.165) is 24.3 Å². The summed E-state index contributed by atoms with van der Waals surface area (Å²) < 4.78 is 0. The zero-order chi connectivity index (χ0) is 15.7. The molecule has 2 nitrogen and oxygen atoms in total. The van der Waals surface area contributed by atoms with Crippen LogP contribution in [0.15, 0.2) is 24.4 Å². The molecular formula is C21H34N2. The molecule has 0 amide bonds. The van der Waals surface area contributed by atoms with Crippen LogP contribution in [0.2, 0.25) is 0 Å². The highest BCUT2D eigenvalue weighted by atomic mass is 14.9. The van der Waals surface area contributed by atoms with Crippen molar-refractivity contribution in [3.05, 3.63) is 30.1 Å². The Bertz CT molecular complexity index is 431. The molecule has 1 N–H and O–H groups in total. The zero-order valence-electron chi connectivity index (χ0n) is 14.7. The Morgan fingerprint density at radius 1 is 0.913 bits per heavy atom. The Balaban J connectivity index is 1.20. The number of aryl methyl sites for hydroxylation is 1. The molecule has 0 spiro atoms. The molecule has 2 aliphatic rings. The van der Waals surface area contributed by atoms with Crippen molar-refractivity contribution >= 4 is 0 Å². The van der Waals surface area contributed by atoms with Crippen molar-refractivity contribution in [1.29, 1.82) is 0 Å². The van der Waals surface area contributed by atoms with Gasteiger partial charge >= 0.3 is 0 Å². The highest BCUT2D eigenvalue weighted by Crippen LogP contribution is 2.40. The van der Waals surface area contributed by atoms with E-state index in [1.165, 1.54) is 82.9 Å². The molecule has 2 aliphatic carbocycles. The van der Waals surface area contributed by atoms with Crippen molar-refractivity contribution in [2.45, 2.75) is 83.1 Å². The van der Waals surface area contributed by atoms with Crippen LogP contribution in [0.25, 0.3) is 0 Å². The van der Waals surface area contributed by atoms with Gasteiger partial charge in [-0.05, 0) is 69.0 Å². The number of rotatable bonds is 8. The highest BCUT2D eigenvalue weighted by molar-refractivity contribution is 5.03. The number of nitrogens with zero attached hydrogens (tertiary/aromatic N) is 1. The molecule has 0 aromatic carbocycles. The van der Waals surface area contributed by atoms with E-state index in [1.54, 1.807) is 0 Å². The molecule has 2 fully saturated rings. The molecule has 23 heavy (non-hydrogen) atoms. The van der Waals surface area contributed by atoms with Crippen LogP contribution in [0, 0.1) is 11.8 Å². The maximum Gasteiger partial charge on any atom is 0.0403 e. The quantitative estimate of drug-likeness (QED) is 0.673. The number of nitrogens with one attached hydrogen (secondary N) is 1. The van der Waals surface area contributed by atoms with E-state index in [2.05, 4.69) is 22.4 Å². The lowest BCUT2D eigenvalue weighted by molar-refractivity contribution is 0.143. The Hall–Kier alpha value is -0.890. The zero-order valence-corrected chi connectivity index (χ0v) is 14.7. The van der Waals surface area contributed by atoms with Crippen molar-refractivity contribution in [3.8, 4) is 0 Å². The maximum atomic E-state index is 4.39. The second kappa shape index (κ2) is 9.42. The largest absolute Gasteiger partial charge is 0.314 e. The lowest BCUT2D eigenvalue weighted by atomic mass is 9.69. The standard InChI is InChI=1S/C21H34N2/c1(3-11-20-12-6-8-16-22-20)2-7-15-23-21-14-13-18-9-4-5-10-19(18)17-21/h6,8,12,16,18-19,21,23H,1-5,7,9-11,13-15,17H2. The third kappa shape index (κ3) is 5.60. The van der Waals surface area contributed by atoms with Gasteiger partial charge in [0.2, 0.25) is 0 Å². The topological polar surface area (TPSA) is 24.9 Å². The van der Waals surface area contributed by atoms with Crippen LogP contribution in [0.5, 0.6) is 0 Å². The predicted molar refractivity (Wildman–Crippen MR) is 97.5 cm³/mol. The van der Waals surface area contributed by atoms with Crippen LogP contribution in [-0.4, -0.2) is 17.6 Å². The molecule has 0 aliphatic heterocycles. The highest BCUT2D eigenvalue weighted by Gasteiger charge is 2.31. The van der Waals surface area contributed by atoms with Crippen LogP contribution >= 0.6 is 0 Å². The Labute approximate surface area is 142 Å². The maximum absolute atomic E-state index is 4.39. The monoisotopic (exact) mass is 314 g/mol. The van der Waals surface area contributed by atoms with E-state index >= 15 is 0 Å². The summed E-state index contributed by atoms with van der Waals surface area (Å²) in [7, 11) is 0. The average molecular weight is 315 g/mol. The summed E-state index contributed by atoms with van der Waals surface area (Å²) >= 11 is 0. The first-order chi connectivity index (χ1) is 11.4. The van der Waals surface area contributed by atoms with E-state index in [9.17, 15) is 0 Å². The molecule has 2 saturated carbocycles. The van der Waals surface area contributed by atoms with Crippen LogP contribution < -0.4 is 5.32 Å². The number of fused-ring (bicyclic) bond motifs is 1. The third-order valence-corrected chi connectivity index (χ3v) is 6.06. The molecule has 3 rings (SSSR count). The summed E-state index contributed by atoms with van der Waals surface area (Å²) in [5, 5.41) is 3.85. The minimum absolute atomic E-state index is 0.822. The summed E-state index contributed by atoms with van der Waals surface area (Å²) in [6.07, 6.45) is 18.8. The van der Waals surface area contributed by atoms with Crippen molar-refractivity contribution in [2.24, 2.45) is 11.8 Å². The molecule has 0 bridgehead atoms. The van der Waals surface area contributed by atoms with Crippen molar-refractivity contribution in [2.75, 3.05) is 6.54 Å². The van der Waals surface area contributed by atoms with Crippen LogP contribution in [-0.2, 0) is 6.42 Å². The lowest BCUT2D eigenvalue weighted by Crippen LogP contribution is -2.39. The Kier molecular flexibility index (Phi) is 6.94. The van der Waals surface area contributed by atoms with Gasteiger partial charge in [0.25, 0.3) is 0 Å². The van der Waals surface area contributed by atoms with Gasteiger partial charge < -0.3 is 5.32 Å². The SMILES string of the molecule is c1ccc(CCCCCCNC2CCC3CCCCC3C2)nc1. The number of aromatic nitrogens is 1. The molecule has 1 aromatic rings. The summed E-state index contributed by atoms with van der Waals surface area (Å²) in [6.45, 7) is 1.23. The van der Waals surface area contributed by atoms with Gasteiger partial charge in [-0.1, -0.05) is 44.6 Å². The average Bonchev–Trinajstić information content (AvgIpc) is 2.61. The smallest absolute Gasteiger partial charge is 0.0403 e. The fraction of sp³-hybridized carbons (Fsp3) is 0.762. The molecule has 128 valence electrons. The minimum atomic E-state index is 0.822. The van der Waals surface area contributed by atoms with Gasteiger partial charge in [-0.2, -0.15) is 0 Å². The molecule has 0 saturated heterocycles. The van der Waals surface area contributed by atoms with E-state index in [0.29, 0.717) is 0 Å². The summed E-state index contributed by atoms with van der Waals surface area (Å²) in [4.78, 5) is 4.39. The molecule has 1 aromatic heterocycles. The van der Waals surface area contributed by atoms with E-state index in [1.807, 2.05) is 12.3 Å². The van der Waals surface area contributed by atoms with Crippen LogP contribution in [0.3, 0.4) is 0 Å². The first-order valence-corrected chi connectivity index (χ1v) is 10.0. The lowest BCUT2D eigenvalue weighted by Gasteiger charge is -2.39. The summed E-state index contributed by atoms with van der Waals surface area (Å²) in [5.74, 6) is 2.13. The number of hydrogen-bond acceptors (Lipinski definition) is 2. The van der Waals surface area contributed by atoms with Gasteiger partial charge in [-0.3, -0.25) is 4.98 Å². The van der Waals surface area contributed by atoms with E-state index in [4.69, 9.17) is 0 Å². The molecular weight excluding hydrogens is 280 g/mol. The summed E-state index contributed by atoms with van der Waals surface area (Å²) in [5.41, 5.74) is 1.25. The number of unbranched alkanes of at least 4 members (excludes halogenated alkanes) is 3. The van der Waals surface area contributed by atoms with Gasteiger partial charge in [0.1, 0.15) is 0 Å². The van der Waals surface area contributed by atoms with Gasteiger partial charge in [-0.25, -0.2) is 0 Å². The first-order valence-electron chi connectivity index (χ1n) is 10.0. The second-order valence-electron chi connectivity index (χ2n) is 7.75. The minimum Gasteiger partial charge on any atom is -0.314 e. The second-order valence-corrected chi connectivity index (χ2v) is 7.75. The predicted octanol–water partition coefficient (Wildman–Crippen LogP) is 5.13. The fourth-order valence-corrected chi connectivity index (χ4v) is 4.70. The summed E-state index contributed by atoms with van der Waals surface area (Å²) in [6, 6.07) is 7.05. The van der Waals surface area contributed by atoms with E-state index in [-0.39, 0.29) is 0 Å². The van der Waals surface area contributed by atoms with Crippen molar-refractivity contribution in [3.63, 3.8) is 0 Å². The Morgan fingerprint density at radius 3 is 2.65 bits per heavy atom. The van der Waals surface area contributed by atoms with E-state index < -0.39 is 0 Å². The molecule has 1 heterocycles. The Morgan fingerprint density at radius 2 is 1.78 bits per heavy atom. The fourth-order valence-electron chi connectivity index (χ4n) is 4.70. The van der Waals surface area contributed by atoms with Crippen LogP contribution in [0.4, 0.5) is 0 Å². The number of hydrogen-bond donors (Lipinski definition) is 1. The first kappa shape index (κ1) is 17.0. The molecule has 2 heteroatoms. The third-order valence-electron chi connectivity index (χ3n) is 6.06. The molecule has 3 unspecified atom stereocenters. The van der Waals surface area contributed by atoms with Crippen molar-refractivity contribution in [1.82, 2.24) is 10.3 Å².